The monoisotopic (exact) mass is 398 g/mol. The maximum atomic E-state index is 14.2. The minimum atomic E-state index is -3.80. The van der Waals surface area contributed by atoms with E-state index in [9.17, 15) is 17.6 Å². The van der Waals surface area contributed by atoms with Gasteiger partial charge >= 0.3 is 0 Å². The van der Waals surface area contributed by atoms with Crippen LogP contribution in [0.2, 0.25) is 0 Å². The summed E-state index contributed by atoms with van der Waals surface area (Å²) in [6, 6.07) is 6.71. The van der Waals surface area contributed by atoms with E-state index in [1.165, 1.54) is 21.7 Å². The molecule has 0 radical (unpaired) electrons. The SMILES string of the molecule is C[C@H](NC(=O)c1cc(S(=O)(=O)N2CCOCC2)ccc1F)c1cccs1. The number of carbonyl (C=O) groups is 1. The molecule has 1 aliphatic rings. The van der Waals surface area contributed by atoms with E-state index in [4.69, 9.17) is 4.74 Å². The van der Waals surface area contributed by atoms with E-state index in [-0.39, 0.29) is 29.6 Å². The van der Waals surface area contributed by atoms with Gasteiger partial charge in [-0.2, -0.15) is 4.31 Å². The van der Waals surface area contributed by atoms with Crippen LogP contribution in [0, 0.1) is 5.82 Å². The van der Waals surface area contributed by atoms with Crippen molar-refractivity contribution >= 4 is 27.3 Å². The molecule has 1 N–H and O–H groups in total. The summed E-state index contributed by atoms with van der Waals surface area (Å²) >= 11 is 1.48. The van der Waals surface area contributed by atoms with E-state index in [0.29, 0.717) is 13.2 Å². The number of hydrogen-bond donors (Lipinski definition) is 1. The standard InChI is InChI=1S/C17H19FN2O4S2/c1-12(16-3-2-10-25-16)19-17(21)14-11-13(4-5-15(14)18)26(22,23)20-6-8-24-9-7-20/h2-5,10-12H,6-9H2,1H3,(H,19,21)/t12-/m0/s1. The van der Waals surface area contributed by atoms with Crippen LogP contribution in [0.3, 0.4) is 0 Å². The maximum Gasteiger partial charge on any atom is 0.254 e. The Balaban J connectivity index is 1.84. The summed E-state index contributed by atoms with van der Waals surface area (Å²) in [6.45, 7) is 2.88. The lowest BCUT2D eigenvalue weighted by molar-refractivity contribution is 0.0730. The van der Waals surface area contributed by atoms with Gasteiger partial charge in [-0.15, -0.1) is 11.3 Å². The zero-order chi connectivity index (χ0) is 18.7. The molecule has 1 fully saturated rings. The largest absolute Gasteiger partial charge is 0.379 e. The molecule has 9 heteroatoms. The molecule has 0 saturated carbocycles. The molecule has 0 aliphatic carbocycles. The highest BCUT2D eigenvalue weighted by Gasteiger charge is 2.28. The molecule has 0 spiro atoms. The number of morpholine rings is 1. The third kappa shape index (κ3) is 3.96. The van der Waals surface area contributed by atoms with Gasteiger partial charge in [0.05, 0.1) is 29.7 Å². The van der Waals surface area contributed by atoms with Crippen LogP contribution in [0.4, 0.5) is 4.39 Å². The van der Waals surface area contributed by atoms with Gasteiger partial charge in [0.2, 0.25) is 10.0 Å². The number of sulfonamides is 1. The van der Waals surface area contributed by atoms with Crippen molar-refractivity contribution in [1.29, 1.82) is 0 Å². The summed E-state index contributed by atoms with van der Waals surface area (Å²) in [6.07, 6.45) is 0. The van der Waals surface area contributed by atoms with Crippen molar-refractivity contribution in [1.82, 2.24) is 9.62 Å². The number of thiophene rings is 1. The fourth-order valence-corrected chi connectivity index (χ4v) is 4.83. The molecular formula is C17H19FN2O4S2. The summed E-state index contributed by atoms with van der Waals surface area (Å²) in [5.41, 5.74) is -0.289. The van der Waals surface area contributed by atoms with Crippen LogP contribution in [-0.4, -0.2) is 44.9 Å². The van der Waals surface area contributed by atoms with Crippen LogP contribution in [-0.2, 0) is 14.8 Å². The Morgan fingerprint density at radius 3 is 2.69 bits per heavy atom. The summed E-state index contributed by atoms with van der Waals surface area (Å²) in [5.74, 6) is -1.41. The van der Waals surface area contributed by atoms with E-state index < -0.39 is 21.7 Å². The van der Waals surface area contributed by atoms with Crippen molar-refractivity contribution in [3.8, 4) is 0 Å². The first-order chi connectivity index (χ1) is 12.4. The molecule has 1 amide bonds. The minimum absolute atomic E-state index is 0.102. The first-order valence-corrected chi connectivity index (χ1v) is 10.4. The van der Waals surface area contributed by atoms with Gasteiger partial charge in [0.15, 0.2) is 0 Å². The van der Waals surface area contributed by atoms with Gasteiger partial charge in [-0.05, 0) is 36.6 Å². The van der Waals surface area contributed by atoms with Crippen molar-refractivity contribution in [2.75, 3.05) is 26.3 Å². The maximum absolute atomic E-state index is 14.2. The molecular weight excluding hydrogens is 379 g/mol. The van der Waals surface area contributed by atoms with Crippen LogP contribution in [0.5, 0.6) is 0 Å². The fraction of sp³-hybridized carbons (Fsp3) is 0.353. The lowest BCUT2D eigenvalue weighted by Gasteiger charge is -2.26. The van der Waals surface area contributed by atoms with Gasteiger partial charge in [0, 0.05) is 18.0 Å². The number of nitrogens with zero attached hydrogens (tertiary/aromatic N) is 1. The predicted molar refractivity (Wildman–Crippen MR) is 96.2 cm³/mol. The Kier molecular flexibility index (Phi) is 5.71. The molecule has 0 bridgehead atoms. The lowest BCUT2D eigenvalue weighted by Crippen LogP contribution is -2.40. The molecule has 2 heterocycles. The van der Waals surface area contributed by atoms with Crippen molar-refractivity contribution in [3.05, 3.63) is 52.0 Å². The van der Waals surface area contributed by atoms with Crippen LogP contribution in [0.15, 0.2) is 40.6 Å². The number of hydrogen-bond acceptors (Lipinski definition) is 5. The third-order valence-electron chi connectivity index (χ3n) is 4.11. The average Bonchev–Trinajstić information content (AvgIpc) is 3.17. The molecule has 1 aromatic carbocycles. The highest BCUT2D eigenvalue weighted by Crippen LogP contribution is 2.22. The van der Waals surface area contributed by atoms with Crippen molar-refractivity contribution in [2.45, 2.75) is 17.9 Å². The Morgan fingerprint density at radius 1 is 1.31 bits per heavy atom. The second-order valence-electron chi connectivity index (χ2n) is 5.87. The molecule has 1 atom stereocenters. The molecule has 0 unspecified atom stereocenters. The summed E-state index contributed by atoms with van der Waals surface area (Å²) in [7, 11) is -3.80. The van der Waals surface area contributed by atoms with Crippen LogP contribution in [0.1, 0.15) is 28.2 Å². The van der Waals surface area contributed by atoms with E-state index in [2.05, 4.69) is 5.32 Å². The molecule has 6 nitrogen and oxygen atoms in total. The quantitative estimate of drug-likeness (QED) is 0.839. The van der Waals surface area contributed by atoms with Crippen LogP contribution >= 0.6 is 11.3 Å². The van der Waals surface area contributed by atoms with Crippen molar-refractivity contribution in [2.24, 2.45) is 0 Å². The van der Waals surface area contributed by atoms with E-state index in [1.54, 1.807) is 6.92 Å². The summed E-state index contributed by atoms with van der Waals surface area (Å²) in [5, 5.41) is 4.58. The Morgan fingerprint density at radius 2 is 2.04 bits per heavy atom. The van der Waals surface area contributed by atoms with E-state index in [0.717, 1.165) is 17.0 Å². The van der Waals surface area contributed by atoms with Gasteiger partial charge in [-0.25, -0.2) is 12.8 Å². The predicted octanol–water partition coefficient (Wildman–Crippen LogP) is 2.40. The van der Waals surface area contributed by atoms with Gasteiger partial charge in [0.25, 0.3) is 5.91 Å². The number of ether oxygens (including phenoxy) is 1. The highest BCUT2D eigenvalue weighted by atomic mass is 32.2. The van der Waals surface area contributed by atoms with Crippen LogP contribution < -0.4 is 5.32 Å². The number of rotatable bonds is 5. The summed E-state index contributed by atoms with van der Waals surface area (Å²) in [4.78, 5) is 13.3. The molecule has 3 rings (SSSR count). The number of halogens is 1. The minimum Gasteiger partial charge on any atom is -0.379 e. The Bertz CT molecular complexity index is 878. The molecule has 1 aliphatic heterocycles. The zero-order valence-electron chi connectivity index (χ0n) is 14.1. The van der Waals surface area contributed by atoms with Crippen molar-refractivity contribution in [3.63, 3.8) is 0 Å². The number of amides is 1. The molecule has 1 saturated heterocycles. The van der Waals surface area contributed by atoms with Crippen LogP contribution in [0.25, 0.3) is 0 Å². The van der Waals surface area contributed by atoms with Gasteiger partial charge < -0.3 is 10.1 Å². The topological polar surface area (TPSA) is 75.7 Å². The smallest absolute Gasteiger partial charge is 0.254 e. The van der Waals surface area contributed by atoms with Gasteiger partial charge in [-0.3, -0.25) is 4.79 Å². The fourth-order valence-electron chi connectivity index (χ4n) is 2.66. The first-order valence-electron chi connectivity index (χ1n) is 8.11. The molecule has 26 heavy (non-hydrogen) atoms. The average molecular weight is 398 g/mol. The lowest BCUT2D eigenvalue weighted by atomic mass is 10.2. The molecule has 1 aromatic heterocycles. The Labute approximate surface area is 155 Å². The summed E-state index contributed by atoms with van der Waals surface area (Å²) < 4.78 is 46.0. The van der Waals surface area contributed by atoms with Gasteiger partial charge in [-0.1, -0.05) is 6.07 Å². The van der Waals surface area contributed by atoms with E-state index >= 15 is 0 Å². The highest BCUT2D eigenvalue weighted by molar-refractivity contribution is 7.89. The molecule has 140 valence electrons. The normalized spacial score (nSPS) is 17.0. The third-order valence-corrected chi connectivity index (χ3v) is 7.06. The Hall–Kier alpha value is -1.81. The molecule has 2 aromatic rings. The number of carbonyl (C=O) groups excluding carboxylic acids is 1. The first kappa shape index (κ1) is 19.0. The van der Waals surface area contributed by atoms with E-state index in [1.807, 2.05) is 17.5 Å². The second kappa shape index (κ2) is 7.83. The zero-order valence-corrected chi connectivity index (χ0v) is 15.8. The van der Waals surface area contributed by atoms with Gasteiger partial charge in [0.1, 0.15) is 5.82 Å². The number of benzene rings is 1. The number of nitrogens with one attached hydrogen (secondary N) is 1. The second-order valence-corrected chi connectivity index (χ2v) is 8.79. The van der Waals surface area contributed by atoms with Crippen molar-refractivity contribution < 1.29 is 22.3 Å².